The van der Waals surface area contributed by atoms with Crippen molar-refractivity contribution in [1.29, 1.82) is 0 Å². The van der Waals surface area contributed by atoms with Gasteiger partial charge in [-0.1, -0.05) is 32.9 Å². The predicted octanol–water partition coefficient (Wildman–Crippen LogP) is 2.71. The molecule has 1 N–H and O–H groups in total. The molecule has 0 aromatic heterocycles. The number of phenolic OH excluding ortho intramolecular Hbond substituents is 1. The molecule has 2 nitrogen and oxygen atoms in total. The predicted molar refractivity (Wildman–Crippen MR) is 60.4 cm³/mol. The average molecular weight is 205 g/mol. The van der Waals surface area contributed by atoms with Crippen LogP contribution in [0.4, 0.5) is 0 Å². The van der Waals surface area contributed by atoms with Crippen LogP contribution in [0.15, 0.2) is 24.3 Å². The average Bonchev–Trinajstić information content (AvgIpc) is 2.15. The number of aromatic hydroxyl groups is 1. The lowest BCUT2D eigenvalue weighted by Gasteiger charge is -2.25. The Morgan fingerprint density at radius 2 is 1.80 bits per heavy atom. The van der Waals surface area contributed by atoms with Gasteiger partial charge in [-0.3, -0.25) is 4.79 Å². The van der Waals surface area contributed by atoms with E-state index in [-0.39, 0.29) is 17.1 Å². The van der Waals surface area contributed by atoms with Gasteiger partial charge in [-0.05, 0) is 29.5 Å². The fraction of sp³-hybridized carbons (Fsp3) is 0.462. The van der Waals surface area contributed by atoms with Crippen LogP contribution in [0, 0.1) is 11.3 Å². The fourth-order valence-electron chi connectivity index (χ4n) is 1.39. The molecule has 0 aliphatic heterocycles. The van der Waals surface area contributed by atoms with E-state index < -0.39 is 0 Å². The molecule has 0 heterocycles. The van der Waals surface area contributed by atoms with Gasteiger partial charge in [0.15, 0.2) is 0 Å². The highest BCUT2D eigenvalue weighted by molar-refractivity contribution is 5.56. The summed E-state index contributed by atoms with van der Waals surface area (Å²) in [5.74, 6) is 0.142. The summed E-state index contributed by atoms with van der Waals surface area (Å²) >= 11 is 0. The molecule has 0 saturated carbocycles. The number of hydrogen-bond acceptors (Lipinski definition) is 2. The molecular formula is C13H17O2. The van der Waals surface area contributed by atoms with Gasteiger partial charge in [0, 0.05) is 5.92 Å². The maximum absolute atomic E-state index is 10.8. The van der Waals surface area contributed by atoms with E-state index in [2.05, 4.69) is 6.29 Å². The molecule has 1 aromatic carbocycles. The molecule has 2 heteroatoms. The van der Waals surface area contributed by atoms with Gasteiger partial charge in [0.25, 0.3) is 0 Å². The third-order valence-electron chi connectivity index (χ3n) is 2.56. The Morgan fingerprint density at radius 1 is 1.27 bits per heavy atom. The van der Waals surface area contributed by atoms with Crippen molar-refractivity contribution < 1.29 is 9.90 Å². The Labute approximate surface area is 90.9 Å². The summed E-state index contributed by atoms with van der Waals surface area (Å²) in [5, 5.41) is 9.13. The second kappa shape index (κ2) is 4.47. The van der Waals surface area contributed by atoms with E-state index in [0.717, 1.165) is 5.56 Å². The van der Waals surface area contributed by atoms with Crippen LogP contribution in [0.25, 0.3) is 0 Å². The first-order valence-electron chi connectivity index (χ1n) is 5.09. The zero-order valence-corrected chi connectivity index (χ0v) is 9.45. The number of hydrogen-bond donors (Lipinski definition) is 1. The van der Waals surface area contributed by atoms with Gasteiger partial charge in [0.05, 0.1) is 0 Å². The van der Waals surface area contributed by atoms with E-state index in [1.54, 1.807) is 12.1 Å². The van der Waals surface area contributed by atoms with Crippen LogP contribution in [0.1, 0.15) is 26.3 Å². The highest BCUT2D eigenvalue weighted by Gasteiger charge is 2.24. The van der Waals surface area contributed by atoms with E-state index >= 15 is 0 Å². The molecule has 1 unspecified atom stereocenters. The Kier molecular flexibility index (Phi) is 3.51. The molecule has 0 amide bonds. The molecule has 0 bridgehead atoms. The van der Waals surface area contributed by atoms with Gasteiger partial charge < -0.3 is 5.11 Å². The molecule has 81 valence electrons. The maximum atomic E-state index is 10.8. The smallest absolute Gasteiger partial charge is 0.202 e. The molecule has 0 spiro atoms. The van der Waals surface area contributed by atoms with Gasteiger partial charge in [0.1, 0.15) is 5.75 Å². The molecule has 0 fully saturated rings. The Hall–Kier alpha value is -1.31. The van der Waals surface area contributed by atoms with Gasteiger partial charge in [-0.25, -0.2) is 0 Å². The van der Waals surface area contributed by atoms with Crippen molar-refractivity contribution in [3.05, 3.63) is 29.8 Å². The molecule has 0 aliphatic carbocycles. The highest BCUT2D eigenvalue weighted by Crippen LogP contribution is 2.27. The SMILES string of the molecule is CC(C)(C)C([C]=O)Cc1ccc(O)cc1. The van der Waals surface area contributed by atoms with E-state index in [9.17, 15) is 4.79 Å². The normalized spacial score (nSPS) is 13.5. The monoisotopic (exact) mass is 205 g/mol. The molecule has 1 atom stereocenters. The Balaban J connectivity index is 2.76. The number of phenols is 1. The lowest BCUT2D eigenvalue weighted by molar-refractivity contribution is 0.300. The van der Waals surface area contributed by atoms with Crippen LogP contribution < -0.4 is 0 Å². The molecule has 0 aliphatic rings. The van der Waals surface area contributed by atoms with Crippen LogP contribution in [-0.2, 0) is 11.2 Å². The summed E-state index contributed by atoms with van der Waals surface area (Å²) in [4.78, 5) is 10.8. The van der Waals surface area contributed by atoms with Crippen molar-refractivity contribution in [2.45, 2.75) is 27.2 Å². The number of rotatable bonds is 3. The Morgan fingerprint density at radius 3 is 2.20 bits per heavy atom. The molecule has 15 heavy (non-hydrogen) atoms. The minimum absolute atomic E-state index is 0.0698. The van der Waals surface area contributed by atoms with Crippen LogP contribution in [0.5, 0.6) is 5.75 Å². The van der Waals surface area contributed by atoms with Gasteiger partial charge >= 0.3 is 0 Å². The molecule has 1 aromatic rings. The van der Waals surface area contributed by atoms with Crippen LogP contribution in [0.3, 0.4) is 0 Å². The topological polar surface area (TPSA) is 37.3 Å². The lowest BCUT2D eigenvalue weighted by Crippen LogP contribution is -2.23. The highest BCUT2D eigenvalue weighted by atomic mass is 16.3. The summed E-state index contributed by atoms with van der Waals surface area (Å²) in [7, 11) is 0. The minimum Gasteiger partial charge on any atom is -0.508 e. The maximum Gasteiger partial charge on any atom is 0.202 e. The molecule has 0 saturated heterocycles. The molecule has 1 radical (unpaired) electrons. The quantitative estimate of drug-likeness (QED) is 0.823. The first kappa shape index (κ1) is 11.8. The first-order valence-corrected chi connectivity index (χ1v) is 5.09. The zero-order chi connectivity index (χ0) is 11.5. The minimum atomic E-state index is -0.109. The van der Waals surface area contributed by atoms with Crippen molar-refractivity contribution >= 4 is 6.29 Å². The van der Waals surface area contributed by atoms with E-state index in [0.29, 0.717) is 6.42 Å². The van der Waals surface area contributed by atoms with Gasteiger partial charge in [-0.15, -0.1) is 0 Å². The zero-order valence-electron chi connectivity index (χ0n) is 9.45. The first-order chi connectivity index (χ1) is 6.93. The Bertz CT molecular complexity index is 319. The van der Waals surface area contributed by atoms with E-state index in [4.69, 9.17) is 5.11 Å². The van der Waals surface area contributed by atoms with Crippen molar-refractivity contribution in [1.82, 2.24) is 0 Å². The summed E-state index contributed by atoms with van der Waals surface area (Å²) in [6, 6.07) is 6.95. The van der Waals surface area contributed by atoms with Gasteiger partial charge in [-0.2, -0.15) is 0 Å². The van der Waals surface area contributed by atoms with Crippen molar-refractivity contribution in [2.75, 3.05) is 0 Å². The summed E-state index contributed by atoms with van der Waals surface area (Å²) < 4.78 is 0. The van der Waals surface area contributed by atoms with Crippen molar-refractivity contribution in [3.8, 4) is 5.75 Å². The molecular weight excluding hydrogens is 188 g/mol. The van der Waals surface area contributed by atoms with Crippen molar-refractivity contribution in [2.24, 2.45) is 11.3 Å². The van der Waals surface area contributed by atoms with Crippen LogP contribution >= 0.6 is 0 Å². The molecule has 1 rings (SSSR count). The second-order valence-electron chi connectivity index (χ2n) is 4.91. The van der Waals surface area contributed by atoms with Gasteiger partial charge in [0.2, 0.25) is 6.29 Å². The summed E-state index contributed by atoms with van der Waals surface area (Å²) in [6.07, 6.45) is 2.77. The third-order valence-corrected chi connectivity index (χ3v) is 2.56. The van der Waals surface area contributed by atoms with Crippen molar-refractivity contribution in [3.63, 3.8) is 0 Å². The summed E-state index contributed by atoms with van der Waals surface area (Å²) in [5.41, 5.74) is 0.982. The van der Waals surface area contributed by atoms with E-state index in [1.165, 1.54) is 0 Å². The summed E-state index contributed by atoms with van der Waals surface area (Å²) in [6.45, 7) is 6.09. The fourth-order valence-corrected chi connectivity index (χ4v) is 1.39. The number of carbonyl (C=O) groups excluding carboxylic acids is 1. The largest absolute Gasteiger partial charge is 0.508 e. The lowest BCUT2D eigenvalue weighted by atomic mass is 9.78. The van der Waals surface area contributed by atoms with E-state index in [1.807, 2.05) is 32.9 Å². The van der Waals surface area contributed by atoms with Crippen LogP contribution in [0.2, 0.25) is 0 Å². The standard InChI is InChI=1S/C13H17O2/c1-13(2,3)11(9-14)8-10-4-6-12(15)7-5-10/h4-7,11,15H,8H2,1-3H3. The van der Waals surface area contributed by atoms with Crippen LogP contribution in [-0.4, -0.2) is 11.4 Å². The number of benzene rings is 1. The third kappa shape index (κ3) is 3.39. The second-order valence-corrected chi connectivity index (χ2v) is 4.91.